The molecule has 2 aliphatic carbocycles. The Hall–Kier alpha value is -1.08. The zero-order valence-electron chi connectivity index (χ0n) is 12.5. The van der Waals surface area contributed by atoms with Crippen molar-refractivity contribution >= 4 is 0 Å². The number of rotatable bonds is 4. The third kappa shape index (κ3) is 3.32. The Kier molecular flexibility index (Phi) is 4.57. The molecule has 0 bridgehead atoms. The van der Waals surface area contributed by atoms with E-state index in [0.29, 0.717) is 12.0 Å². The van der Waals surface area contributed by atoms with Crippen LogP contribution in [0.3, 0.4) is 0 Å². The highest BCUT2D eigenvalue weighted by molar-refractivity contribution is 5.32. The Balaban J connectivity index is 1.62. The van der Waals surface area contributed by atoms with E-state index in [2.05, 4.69) is 30.3 Å². The van der Waals surface area contributed by atoms with E-state index in [0.717, 1.165) is 12.8 Å². The first-order chi connectivity index (χ1) is 9.83. The summed E-state index contributed by atoms with van der Waals surface area (Å²) in [7, 11) is 0. The highest BCUT2D eigenvalue weighted by Crippen LogP contribution is 2.35. The number of fused-ring (bicyclic) bond motifs is 1. The largest absolute Gasteiger partial charge is 0.327 e. The predicted octanol–water partition coefficient (Wildman–Crippen LogP) is 4.71. The van der Waals surface area contributed by atoms with Crippen LogP contribution in [0.2, 0.25) is 0 Å². The van der Waals surface area contributed by atoms with Crippen LogP contribution in [0.15, 0.2) is 35.9 Å². The van der Waals surface area contributed by atoms with Crippen LogP contribution in [-0.2, 0) is 6.42 Å². The van der Waals surface area contributed by atoms with Crippen molar-refractivity contribution in [2.45, 2.75) is 69.7 Å². The van der Waals surface area contributed by atoms with Gasteiger partial charge in [-0.05, 0) is 74.8 Å². The zero-order chi connectivity index (χ0) is 13.8. The maximum absolute atomic E-state index is 6.45. The molecule has 1 aromatic carbocycles. The Morgan fingerprint density at radius 2 is 2.00 bits per heavy atom. The van der Waals surface area contributed by atoms with Crippen LogP contribution in [0.4, 0.5) is 0 Å². The highest BCUT2D eigenvalue weighted by Gasteiger charge is 2.22. The molecule has 0 fully saturated rings. The minimum absolute atomic E-state index is 0.343. The topological polar surface area (TPSA) is 26.0 Å². The number of aryl methyl sites for hydroxylation is 1. The van der Waals surface area contributed by atoms with Crippen molar-refractivity contribution < 1.29 is 0 Å². The molecule has 0 amide bonds. The van der Waals surface area contributed by atoms with E-state index < -0.39 is 0 Å². The third-order valence-corrected chi connectivity index (χ3v) is 4.99. The Morgan fingerprint density at radius 1 is 1.10 bits per heavy atom. The molecule has 0 spiro atoms. The summed E-state index contributed by atoms with van der Waals surface area (Å²) in [5.41, 5.74) is 11.2. The molecule has 2 aliphatic rings. The molecule has 0 saturated carbocycles. The van der Waals surface area contributed by atoms with Gasteiger partial charge in [0.05, 0.1) is 0 Å². The molecule has 0 heterocycles. The van der Waals surface area contributed by atoms with Gasteiger partial charge in [-0.25, -0.2) is 0 Å². The molecule has 0 radical (unpaired) electrons. The standard InChI is InChI=1S/C19H27N/c20-18(13-15-7-2-1-3-8-15)14-17-11-6-10-16-9-4-5-12-19(16)17/h4-5,7,9,12,17-18H,1-3,6,8,10-11,13-14,20H2. The molecule has 3 rings (SSSR count). The molecule has 1 nitrogen and oxygen atoms in total. The van der Waals surface area contributed by atoms with Gasteiger partial charge in [0.1, 0.15) is 0 Å². The van der Waals surface area contributed by atoms with Gasteiger partial charge in [0.2, 0.25) is 0 Å². The predicted molar refractivity (Wildman–Crippen MR) is 85.9 cm³/mol. The van der Waals surface area contributed by atoms with Crippen LogP contribution in [0.5, 0.6) is 0 Å². The maximum atomic E-state index is 6.45. The number of allylic oxidation sites excluding steroid dienone is 1. The molecule has 1 aromatic rings. The van der Waals surface area contributed by atoms with Crippen molar-refractivity contribution in [1.82, 2.24) is 0 Å². The zero-order valence-corrected chi connectivity index (χ0v) is 12.5. The van der Waals surface area contributed by atoms with E-state index >= 15 is 0 Å². The summed E-state index contributed by atoms with van der Waals surface area (Å²) >= 11 is 0. The molecule has 0 saturated heterocycles. The SMILES string of the molecule is NC(CC1=CCCCC1)CC1CCCc2ccccc21. The van der Waals surface area contributed by atoms with Gasteiger partial charge in [-0.2, -0.15) is 0 Å². The van der Waals surface area contributed by atoms with Crippen LogP contribution in [-0.4, -0.2) is 6.04 Å². The normalized spacial score (nSPS) is 23.9. The summed E-state index contributed by atoms with van der Waals surface area (Å²) < 4.78 is 0. The van der Waals surface area contributed by atoms with Crippen molar-refractivity contribution in [1.29, 1.82) is 0 Å². The summed E-state index contributed by atoms with van der Waals surface area (Å²) in [6.07, 6.45) is 13.9. The molecule has 108 valence electrons. The van der Waals surface area contributed by atoms with Crippen LogP contribution < -0.4 is 5.73 Å². The van der Waals surface area contributed by atoms with Crippen LogP contribution in [0.25, 0.3) is 0 Å². The number of hydrogen-bond acceptors (Lipinski definition) is 1. The fraction of sp³-hybridized carbons (Fsp3) is 0.579. The first-order valence-electron chi connectivity index (χ1n) is 8.34. The van der Waals surface area contributed by atoms with Gasteiger partial charge in [-0.15, -0.1) is 0 Å². The Morgan fingerprint density at radius 3 is 2.85 bits per heavy atom. The first-order valence-corrected chi connectivity index (χ1v) is 8.34. The van der Waals surface area contributed by atoms with Gasteiger partial charge in [0.25, 0.3) is 0 Å². The van der Waals surface area contributed by atoms with E-state index in [1.807, 2.05) is 0 Å². The smallest absolute Gasteiger partial charge is 0.00819 e. The minimum Gasteiger partial charge on any atom is -0.327 e. The lowest BCUT2D eigenvalue weighted by molar-refractivity contribution is 0.460. The lowest BCUT2D eigenvalue weighted by Crippen LogP contribution is -2.25. The van der Waals surface area contributed by atoms with Crippen LogP contribution >= 0.6 is 0 Å². The average molecular weight is 269 g/mol. The molecule has 2 N–H and O–H groups in total. The van der Waals surface area contributed by atoms with Crippen molar-refractivity contribution in [2.24, 2.45) is 5.73 Å². The van der Waals surface area contributed by atoms with Gasteiger partial charge in [0.15, 0.2) is 0 Å². The third-order valence-electron chi connectivity index (χ3n) is 4.99. The molecule has 0 aliphatic heterocycles. The number of nitrogens with two attached hydrogens (primary N) is 1. The van der Waals surface area contributed by atoms with Crippen molar-refractivity contribution in [2.75, 3.05) is 0 Å². The van der Waals surface area contributed by atoms with Gasteiger partial charge in [-0.1, -0.05) is 35.9 Å². The van der Waals surface area contributed by atoms with Crippen LogP contribution in [0.1, 0.15) is 68.4 Å². The Labute approximate surface area is 123 Å². The van der Waals surface area contributed by atoms with Gasteiger partial charge >= 0.3 is 0 Å². The van der Waals surface area contributed by atoms with Gasteiger partial charge in [0, 0.05) is 6.04 Å². The molecule has 20 heavy (non-hydrogen) atoms. The highest BCUT2D eigenvalue weighted by atomic mass is 14.6. The van der Waals surface area contributed by atoms with E-state index in [4.69, 9.17) is 5.73 Å². The fourth-order valence-corrected chi connectivity index (χ4v) is 3.97. The first kappa shape index (κ1) is 13.9. The minimum atomic E-state index is 0.343. The summed E-state index contributed by atoms with van der Waals surface area (Å²) in [6, 6.07) is 9.33. The van der Waals surface area contributed by atoms with Crippen molar-refractivity contribution in [3.05, 3.63) is 47.0 Å². The van der Waals surface area contributed by atoms with Gasteiger partial charge < -0.3 is 5.73 Å². The second-order valence-corrected chi connectivity index (χ2v) is 6.60. The fourth-order valence-electron chi connectivity index (χ4n) is 3.97. The van der Waals surface area contributed by atoms with E-state index in [1.54, 1.807) is 16.7 Å². The van der Waals surface area contributed by atoms with E-state index in [9.17, 15) is 0 Å². The molecule has 2 atom stereocenters. The summed E-state index contributed by atoms with van der Waals surface area (Å²) in [5.74, 6) is 0.694. The molecular weight excluding hydrogens is 242 g/mol. The molecule has 2 unspecified atom stereocenters. The van der Waals surface area contributed by atoms with Crippen molar-refractivity contribution in [3.8, 4) is 0 Å². The van der Waals surface area contributed by atoms with E-state index in [1.165, 1.54) is 44.9 Å². The summed E-state index contributed by atoms with van der Waals surface area (Å²) in [4.78, 5) is 0. The monoisotopic (exact) mass is 269 g/mol. The second-order valence-electron chi connectivity index (χ2n) is 6.60. The number of hydrogen-bond donors (Lipinski definition) is 1. The maximum Gasteiger partial charge on any atom is 0.00819 e. The molecule has 0 aromatic heterocycles. The van der Waals surface area contributed by atoms with E-state index in [-0.39, 0.29) is 0 Å². The average Bonchev–Trinajstić information content (AvgIpc) is 2.48. The lowest BCUT2D eigenvalue weighted by atomic mass is 9.78. The lowest BCUT2D eigenvalue weighted by Gasteiger charge is -2.28. The second kappa shape index (κ2) is 6.58. The number of benzene rings is 1. The molecule has 1 heteroatoms. The Bertz CT molecular complexity index is 474. The quantitative estimate of drug-likeness (QED) is 0.787. The van der Waals surface area contributed by atoms with Gasteiger partial charge in [-0.3, -0.25) is 0 Å². The summed E-state index contributed by atoms with van der Waals surface area (Å²) in [6.45, 7) is 0. The summed E-state index contributed by atoms with van der Waals surface area (Å²) in [5, 5.41) is 0. The molecular formula is C19H27N. The van der Waals surface area contributed by atoms with Crippen LogP contribution in [0, 0.1) is 0 Å². The van der Waals surface area contributed by atoms with Crippen molar-refractivity contribution in [3.63, 3.8) is 0 Å².